The third-order valence-electron chi connectivity index (χ3n) is 2.87. The molecule has 0 heterocycles. The van der Waals surface area contributed by atoms with Crippen molar-refractivity contribution in [1.82, 2.24) is 0 Å². The molecule has 1 nitrogen and oxygen atoms in total. The third-order valence-corrected chi connectivity index (χ3v) is 4.21. The van der Waals surface area contributed by atoms with E-state index in [0.29, 0.717) is 0 Å². The fourth-order valence-corrected chi connectivity index (χ4v) is 3.21. The van der Waals surface area contributed by atoms with Crippen molar-refractivity contribution in [2.45, 2.75) is 42.8 Å². The molecule has 1 fully saturated rings. The van der Waals surface area contributed by atoms with Crippen LogP contribution in [-0.4, -0.2) is 11.0 Å². The molecule has 15 heavy (non-hydrogen) atoms. The Hall–Kier alpha value is -0.760. The highest BCUT2D eigenvalue weighted by Crippen LogP contribution is 2.34. The van der Waals surface area contributed by atoms with Crippen LogP contribution >= 0.6 is 11.8 Å². The van der Waals surface area contributed by atoms with E-state index in [4.69, 9.17) is 0 Å². The number of Topliss-reactive ketones (excluding diaryl/α,β-unsaturated/α-hetero) is 1. The van der Waals surface area contributed by atoms with Gasteiger partial charge in [0.15, 0.2) is 5.78 Å². The number of thioether (sulfide) groups is 1. The second-order valence-electron chi connectivity index (χ2n) is 4.10. The Morgan fingerprint density at radius 3 is 2.33 bits per heavy atom. The molecule has 0 radical (unpaired) electrons. The van der Waals surface area contributed by atoms with E-state index in [2.05, 4.69) is 12.1 Å². The maximum absolute atomic E-state index is 11.1. The number of carbonyl (C=O) groups excluding carboxylic acids is 1. The van der Waals surface area contributed by atoms with E-state index in [-0.39, 0.29) is 5.78 Å². The maximum Gasteiger partial charge on any atom is 0.159 e. The van der Waals surface area contributed by atoms with Crippen LogP contribution in [0.4, 0.5) is 0 Å². The lowest BCUT2D eigenvalue weighted by Gasteiger charge is -2.08. The fourth-order valence-electron chi connectivity index (χ4n) is 1.97. The van der Waals surface area contributed by atoms with Gasteiger partial charge in [0.2, 0.25) is 0 Å². The molecule has 0 amide bonds. The number of rotatable bonds is 3. The Morgan fingerprint density at radius 1 is 1.20 bits per heavy atom. The average Bonchev–Trinajstić information content (AvgIpc) is 2.71. The standard InChI is InChI=1S/C13H16OS/c1-10(14)11-6-8-13(9-7-11)15-12-4-2-3-5-12/h6-9,12H,2-5H2,1H3. The highest BCUT2D eigenvalue weighted by molar-refractivity contribution is 8.00. The van der Waals surface area contributed by atoms with Gasteiger partial charge in [-0.2, -0.15) is 0 Å². The molecule has 2 heteroatoms. The molecule has 1 saturated carbocycles. The van der Waals surface area contributed by atoms with Crippen LogP contribution in [0.15, 0.2) is 29.2 Å². The topological polar surface area (TPSA) is 17.1 Å². The second-order valence-corrected chi connectivity index (χ2v) is 5.48. The Kier molecular flexibility index (Phi) is 3.47. The van der Waals surface area contributed by atoms with E-state index in [1.165, 1.54) is 30.6 Å². The van der Waals surface area contributed by atoms with Crippen molar-refractivity contribution in [2.24, 2.45) is 0 Å². The predicted octanol–water partition coefficient (Wildman–Crippen LogP) is 3.92. The van der Waals surface area contributed by atoms with Gasteiger partial charge in [0.1, 0.15) is 0 Å². The lowest BCUT2D eigenvalue weighted by molar-refractivity contribution is 0.101. The lowest BCUT2D eigenvalue weighted by Crippen LogP contribution is -1.94. The molecule has 0 saturated heterocycles. The Balaban J connectivity index is 2.00. The maximum atomic E-state index is 11.1. The minimum absolute atomic E-state index is 0.146. The van der Waals surface area contributed by atoms with Gasteiger partial charge in [0, 0.05) is 15.7 Å². The molecule has 0 aliphatic heterocycles. The third kappa shape index (κ3) is 2.85. The average molecular weight is 220 g/mol. The molecule has 0 aromatic heterocycles. The van der Waals surface area contributed by atoms with Crippen LogP contribution in [0, 0.1) is 0 Å². The number of carbonyl (C=O) groups is 1. The normalized spacial score (nSPS) is 16.9. The van der Waals surface area contributed by atoms with Gasteiger partial charge in [-0.3, -0.25) is 4.79 Å². The van der Waals surface area contributed by atoms with Gasteiger partial charge in [-0.1, -0.05) is 25.0 Å². The zero-order valence-electron chi connectivity index (χ0n) is 9.03. The largest absolute Gasteiger partial charge is 0.295 e. The van der Waals surface area contributed by atoms with Crippen LogP contribution in [0.3, 0.4) is 0 Å². The summed E-state index contributed by atoms with van der Waals surface area (Å²) in [5.41, 5.74) is 0.811. The summed E-state index contributed by atoms with van der Waals surface area (Å²) in [5, 5.41) is 0.799. The molecule has 1 aliphatic carbocycles. The molecule has 1 aromatic rings. The van der Waals surface area contributed by atoms with Crippen LogP contribution in [-0.2, 0) is 0 Å². The lowest BCUT2D eigenvalue weighted by atomic mass is 10.2. The van der Waals surface area contributed by atoms with Crippen LogP contribution in [0.1, 0.15) is 43.0 Å². The number of hydrogen-bond acceptors (Lipinski definition) is 2. The van der Waals surface area contributed by atoms with Crippen molar-refractivity contribution in [3.05, 3.63) is 29.8 Å². The van der Waals surface area contributed by atoms with Gasteiger partial charge in [0.25, 0.3) is 0 Å². The molecule has 0 unspecified atom stereocenters. The fraction of sp³-hybridized carbons (Fsp3) is 0.462. The Labute approximate surface area is 95.3 Å². The van der Waals surface area contributed by atoms with E-state index in [9.17, 15) is 4.79 Å². The van der Waals surface area contributed by atoms with Crippen molar-refractivity contribution >= 4 is 17.5 Å². The van der Waals surface area contributed by atoms with Crippen LogP contribution < -0.4 is 0 Å². The Morgan fingerprint density at radius 2 is 1.80 bits per heavy atom. The van der Waals surface area contributed by atoms with E-state index in [1.807, 2.05) is 23.9 Å². The number of ketones is 1. The summed E-state index contributed by atoms with van der Waals surface area (Å²) in [6.45, 7) is 1.61. The first-order chi connectivity index (χ1) is 7.25. The summed E-state index contributed by atoms with van der Waals surface area (Å²) < 4.78 is 0. The zero-order valence-corrected chi connectivity index (χ0v) is 9.85. The van der Waals surface area contributed by atoms with Crippen LogP contribution in [0.2, 0.25) is 0 Å². The summed E-state index contributed by atoms with van der Waals surface area (Å²) in [5.74, 6) is 0.146. The summed E-state index contributed by atoms with van der Waals surface area (Å²) >= 11 is 1.96. The summed E-state index contributed by atoms with van der Waals surface area (Å²) in [6, 6.07) is 8.00. The molecule has 0 spiro atoms. The van der Waals surface area contributed by atoms with Gasteiger partial charge in [-0.15, -0.1) is 11.8 Å². The quantitative estimate of drug-likeness (QED) is 0.718. The van der Waals surface area contributed by atoms with E-state index in [0.717, 1.165) is 10.8 Å². The van der Waals surface area contributed by atoms with Crippen molar-refractivity contribution < 1.29 is 4.79 Å². The van der Waals surface area contributed by atoms with Crippen LogP contribution in [0.5, 0.6) is 0 Å². The Bertz CT molecular complexity index is 336. The summed E-state index contributed by atoms with van der Waals surface area (Å²) in [4.78, 5) is 12.4. The van der Waals surface area contributed by atoms with Crippen molar-refractivity contribution in [1.29, 1.82) is 0 Å². The minimum Gasteiger partial charge on any atom is -0.295 e. The molecule has 0 atom stereocenters. The van der Waals surface area contributed by atoms with Crippen molar-refractivity contribution in [3.8, 4) is 0 Å². The van der Waals surface area contributed by atoms with E-state index >= 15 is 0 Å². The number of benzene rings is 1. The highest BCUT2D eigenvalue weighted by Gasteiger charge is 2.15. The first kappa shape index (κ1) is 10.7. The second kappa shape index (κ2) is 4.84. The van der Waals surface area contributed by atoms with Gasteiger partial charge < -0.3 is 0 Å². The minimum atomic E-state index is 0.146. The highest BCUT2D eigenvalue weighted by atomic mass is 32.2. The molecule has 80 valence electrons. The molecule has 1 aromatic carbocycles. The zero-order chi connectivity index (χ0) is 10.7. The molecular formula is C13H16OS. The smallest absolute Gasteiger partial charge is 0.159 e. The SMILES string of the molecule is CC(=O)c1ccc(SC2CCCC2)cc1. The first-order valence-electron chi connectivity index (χ1n) is 5.53. The summed E-state index contributed by atoms with van der Waals surface area (Å²) in [7, 11) is 0. The molecular weight excluding hydrogens is 204 g/mol. The predicted molar refractivity (Wildman–Crippen MR) is 64.6 cm³/mol. The molecule has 0 bridgehead atoms. The van der Waals surface area contributed by atoms with Gasteiger partial charge in [-0.25, -0.2) is 0 Å². The van der Waals surface area contributed by atoms with Gasteiger partial charge in [0.05, 0.1) is 0 Å². The molecule has 1 aliphatic rings. The van der Waals surface area contributed by atoms with E-state index in [1.54, 1.807) is 6.92 Å². The van der Waals surface area contributed by atoms with E-state index < -0.39 is 0 Å². The van der Waals surface area contributed by atoms with Gasteiger partial charge in [-0.05, 0) is 31.9 Å². The first-order valence-corrected chi connectivity index (χ1v) is 6.41. The molecule has 2 rings (SSSR count). The van der Waals surface area contributed by atoms with Crippen molar-refractivity contribution in [3.63, 3.8) is 0 Å². The number of hydrogen-bond donors (Lipinski definition) is 0. The summed E-state index contributed by atoms with van der Waals surface area (Å²) in [6.07, 6.45) is 5.45. The monoisotopic (exact) mass is 220 g/mol. The van der Waals surface area contributed by atoms with Crippen LogP contribution in [0.25, 0.3) is 0 Å². The van der Waals surface area contributed by atoms with Gasteiger partial charge >= 0.3 is 0 Å². The van der Waals surface area contributed by atoms with Crippen molar-refractivity contribution in [2.75, 3.05) is 0 Å². The molecule has 0 N–H and O–H groups in total.